The van der Waals surface area contributed by atoms with Crippen LogP contribution < -0.4 is 10.5 Å². The second kappa shape index (κ2) is 7.01. The summed E-state index contributed by atoms with van der Waals surface area (Å²) < 4.78 is 5.64. The van der Waals surface area contributed by atoms with Crippen molar-refractivity contribution in [2.45, 2.75) is 32.7 Å². The van der Waals surface area contributed by atoms with E-state index in [-0.39, 0.29) is 0 Å². The van der Waals surface area contributed by atoms with E-state index in [1.54, 1.807) is 13.2 Å². The van der Waals surface area contributed by atoms with Crippen molar-refractivity contribution in [3.63, 3.8) is 0 Å². The number of likely N-dealkylation sites (tertiary alicyclic amines) is 1. The molecule has 1 fully saturated rings. The summed E-state index contributed by atoms with van der Waals surface area (Å²) in [6, 6.07) is 10.1. The number of benzene rings is 1. The molecule has 4 nitrogen and oxygen atoms in total. The fraction of sp³-hybridized carbons (Fsp3) is 0.421. The molecule has 0 aliphatic carbocycles. The highest BCUT2D eigenvalue weighted by Crippen LogP contribution is 2.33. The highest BCUT2D eigenvalue weighted by atomic mass is 16.5. The van der Waals surface area contributed by atoms with Gasteiger partial charge in [-0.2, -0.15) is 0 Å². The van der Waals surface area contributed by atoms with Crippen LogP contribution in [-0.2, 0) is 13.0 Å². The number of aryl methyl sites for hydroxylation is 1. The van der Waals surface area contributed by atoms with Crippen molar-refractivity contribution >= 4 is 5.82 Å². The van der Waals surface area contributed by atoms with Crippen LogP contribution in [0.15, 0.2) is 30.3 Å². The molecule has 0 radical (unpaired) electrons. The Balaban J connectivity index is 2.00. The number of nitrogens with zero attached hydrogens (tertiary/aromatic N) is 2. The molecule has 0 spiro atoms. The number of hydrogen-bond donors (Lipinski definition) is 1. The first-order valence-electron chi connectivity index (χ1n) is 8.36. The monoisotopic (exact) mass is 311 g/mol. The zero-order valence-electron chi connectivity index (χ0n) is 14.0. The van der Waals surface area contributed by atoms with Crippen molar-refractivity contribution in [1.29, 1.82) is 0 Å². The van der Waals surface area contributed by atoms with E-state index < -0.39 is 0 Å². The van der Waals surface area contributed by atoms with Crippen molar-refractivity contribution in [2.75, 3.05) is 25.9 Å². The van der Waals surface area contributed by atoms with Crippen molar-refractivity contribution < 1.29 is 4.74 Å². The minimum Gasteiger partial charge on any atom is -0.496 e. The number of anilines is 1. The minimum absolute atomic E-state index is 0.531. The molecule has 1 aliphatic rings. The lowest BCUT2D eigenvalue weighted by Gasteiger charge is -2.19. The Morgan fingerprint density at radius 1 is 1.17 bits per heavy atom. The average Bonchev–Trinajstić information content (AvgIpc) is 3.07. The topological polar surface area (TPSA) is 51.4 Å². The second-order valence-corrected chi connectivity index (χ2v) is 6.11. The van der Waals surface area contributed by atoms with Crippen LogP contribution in [0.1, 0.15) is 30.9 Å². The zero-order chi connectivity index (χ0) is 16.2. The van der Waals surface area contributed by atoms with E-state index in [2.05, 4.69) is 28.9 Å². The predicted molar refractivity (Wildman–Crippen MR) is 94.5 cm³/mol. The van der Waals surface area contributed by atoms with Gasteiger partial charge in [0.1, 0.15) is 11.6 Å². The van der Waals surface area contributed by atoms with Gasteiger partial charge < -0.3 is 10.5 Å². The lowest BCUT2D eigenvalue weighted by molar-refractivity contribution is 0.329. The van der Waals surface area contributed by atoms with Gasteiger partial charge in [-0.05, 0) is 67.7 Å². The van der Waals surface area contributed by atoms with Crippen molar-refractivity contribution in [2.24, 2.45) is 0 Å². The van der Waals surface area contributed by atoms with Crippen LogP contribution in [0.5, 0.6) is 5.75 Å². The summed E-state index contributed by atoms with van der Waals surface area (Å²) >= 11 is 0. The predicted octanol–water partition coefficient (Wildman–Crippen LogP) is 3.50. The molecule has 4 heteroatoms. The molecular weight excluding hydrogens is 286 g/mol. The maximum atomic E-state index is 5.84. The van der Waals surface area contributed by atoms with Gasteiger partial charge in [0.25, 0.3) is 0 Å². The SMILES string of the molecule is CCc1cc(-c2cccc(N)n2)c(OC)cc1CN1CCCC1. The third-order valence-corrected chi connectivity index (χ3v) is 4.54. The Kier molecular flexibility index (Phi) is 4.82. The molecule has 3 rings (SSSR count). The fourth-order valence-electron chi connectivity index (χ4n) is 3.30. The van der Waals surface area contributed by atoms with Crippen LogP contribution in [0.3, 0.4) is 0 Å². The van der Waals surface area contributed by atoms with E-state index in [0.29, 0.717) is 5.82 Å². The highest BCUT2D eigenvalue weighted by Gasteiger charge is 2.17. The molecule has 2 heterocycles. The summed E-state index contributed by atoms with van der Waals surface area (Å²) in [6.07, 6.45) is 3.62. The molecule has 0 unspecified atom stereocenters. The minimum atomic E-state index is 0.531. The van der Waals surface area contributed by atoms with Gasteiger partial charge in [-0.15, -0.1) is 0 Å². The standard InChI is InChI=1S/C19H25N3O/c1-3-14-11-16(17-7-6-8-19(20)21-17)18(23-2)12-15(14)13-22-9-4-5-10-22/h6-8,11-12H,3-5,9-10,13H2,1-2H3,(H2,20,21). The van der Waals surface area contributed by atoms with Crippen LogP contribution in [-0.4, -0.2) is 30.1 Å². The number of ether oxygens (including phenoxy) is 1. The van der Waals surface area contributed by atoms with Gasteiger partial charge in [-0.1, -0.05) is 13.0 Å². The fourth-order valence-corrected chi connectivity index (χ4v) is 3.30. The molecule has 2 aromatic rings. The molecule has 1 aromatic heterocycles. The van der Waals surface area contributed by atoms with Crippen LogP contribution in [0.25, 0.3) is 11.3 Å². The summed E-state index contributed by atoms with van der Waals surface area (Å²) in [5.41, 5.74) is 10.4. The third kappa shape index (κ3) is 3.48. The number of rotatable bonds is 5. The number of nitrogen functional groups attached to an aromatic ring is 1. The summed E-state index contributed by atoms with van der Waals surface area (Å²) in [4.78, 5) is 6.97. The maximum Gasteiger partial charge on any atom is 0.128 e. The Hall–Kier alpha value is -2.07. The molecule has 0 saturated carbocycles. The van der Waals surface area contributed by atoms with E-state index in [0.717, 1.165) is 30.0 Å². The molecule has 0 bridgehead atoms. The molecule has 1 saturated heterocycles. The second-order valence-electron chi connectivity index (χ2n) is 6.11. The number of aromatic nitrogens is 1. The Morgan fingerprint density at radius 2 is 1.96 bits per heavy atom. The summed E-state index contributed by atoms with van der Waals surface area (Å²) in [6.45, 7) is 5.60. The quantitative estimate of drug-likeness (QED) is 0.918. The number of hydrogen-bond acceptors (Lipinski definition) is 4. The molecule has 122 valence electrons. The van der Waals surface area contributed by atoms with Crippen LogP contribution in [0.4, 0.5) is 5.82 Å². The molecule has 23 heavy (non-hydrogen) atoms. The van der Waals surface area contributed by atoms with Crippen molar-refractivity contribution in [3.05, 3.63) is 41.5 Å². The highest BCUT2D eigenvalue weighted by molar-refractivity contribution is 5.70. The maximum absolute atomic E-state index is 5.84. The van der Waals surface area contributed by atoms with Gasteiger partial charge in [-0.3, -0.25) is 4.90 Å². The van der Waals surface area contributed by atoms with E-state index in [1.165, 1.54) is 37.1 Å². The molecular formula is C19H25N3O. The van der Waals surface area contributed by atoms with Crippen molar-refractivity contribution in [3.8, 4) is 17.0 Å². The Morgan fingerprint density at radius 3 is 2.61 bits per heavy atom. The van der Waals surface area contributed by atoms with Gasteiger partial charge in [-0.25, -0.2) is 4.98 Å². The summed E-state index contributed by atoms with van der Waals surface area (Å²) in [7, 11) is 1.72. The van der Waals surface area contributed by atoms with E-state index in [4.69, 9.17) is 10.5 Å². The van der Waals surface area contributed by atoms with Gasteiger partial charge in [0.05, 0.1) is 12.8 Å². The van der Waals surface area contributed by atoms with E-state index in [1.807, 2.05) is 12.1 Å². The number of methoxy groups -OCH3 is 1. The normalized spacial score (nSPS) is 15.0. The van der Waals surface area contributed by atoms with Gasteiger partial charge in [0, 0.05) is 12.1 Å². The van der Waals surface area contributed by atoms with E-state index in [9.17, 15) is 0 Å². The Bertz CT molecular complexity index is 678. The molecule has 0 atom stereocenters. The van der Waals surface area contributed by atoms with Crippen LogP contribution in [0, 0.1) is 0 Å². The van der Waals surface area contributed by atoms with Gasteiger partial charge in [0.15, 0.2) is 0 Å². The number of pyridine rings is 1. The smallest absolute Gasteiger partial charge is 0.128 e. The largest absolute Gasteiger partial charge is 0.496 e. The molecule has 1 aliphatic heterocycles. The molecule has 1 aromatic carbocycles. The first-order valence-corrected chi connectivity index (χ1v) is 8.36. The van der Waals surface area contributed by atoms with E-state index >= 15 is 0 Å². The summed E-state index contributed by atoms with van der Waals surface area (Å²) in [5, 5.41) is 0. The number of nitrogens with two attached hydrogens (primary N) is 1. The third-order valence-electron chi connectivity index (χ3n) is 4.54. The Labute approximate surface area is 138 Å². The zero-order valence-corrected chi connectivity index (χ0v) is 14.0. The van der Waals surface area contributed by atoms with Crippen LogP contribution in [0.2, 0.25) is 0 Å². The molecule has 2 N–H and O–H groups in total. The lowest BCUT2D eigenvalue weighted by Crippen LogP contribution is -2.19. The first-order chi connectivity index (χ1) is 11.2. The van der Waals surface area contributed by atoms with Crippen molar-refractivity contribution in [1.82, 2.24) is 9.88 Å². The average molecular weight is 311 g/mol. The first kappa shape index (κ1) is 15.8. The molecule has 0 amide bonds. The van der Waals surface area contributed by atoms with Gasteiger partial charge >= 0.3 is 0 Å². The van der Waals surface area contributed by atoms with Crippen LogP contribution >= 0.6 is 0 Å². The lowest BCUT2D eigenvalue weighted by atomic mass is 9.98. The summed E-state index contributed by atoms with van der Waals surface area (Å²) in [5.74, 6) is 1.40. The van der Waals surface area contributed by atoms with Gasteiger partial charge in [0.2, 0.25) is 0 Å².